The molecule has 0 bridgehead atoms. The van der Waals surface area contributed by atoms with Gasteiger partial charge < -0.3 is 10.3 Å². The number of aryl methyl sites for hydroxylation is 1. The van der Waals surface area contributed by atoms with E-state index in [0.29, 0.717) is 6.04 Å². The van der Waals surface area contributed by atoms with Crippen LogP contribution in [0.25, 0.3) is 11.3 Å². The summed E-state index contributed by atoms with van der Waals surface area (Å²) in [5.74, 6) is 1.21. The van der Waals surface area contributed by atoms with E-state index in [4.69, 9.17) is 10.7 Å². The lowest BCUT2D eigenvalue weighted by Gasteiger charge is -2.20. The Morgan fingerprint density at radius 3 is 3.06 bits per heavy atom. The highest BCUT2D eigenvalue weighted by Gasteiger charge is 2.18. The Kier molecular flexibility index (Phi) is 2.39. The summed E-state index contributed by atoms with van der Waals surface area (Å²) in [5, 5.41) is 0. The molecule has 2 N–H and O–H groups in total. The lowest BCUT2D eigenvalue weighted by molar-refractivity contribution is 0.426. The van der Waals surface area contributed by atoms with Gasteiger partial charge in [-0.15, -0.1) is 0 Å². The van der Waals surface area contributed by atoms with Crippen molar-refractivity contribution in [2.75, 3.05) is 5.73 Å². The number of nitrogens with zero attached hydrogens (tertiary/aromatic N) is 2. The number of nitrogens with two attached hydrogens (primary N) is 1. The van der Waals surface area contributed by atoms with E-state index in [9.17, 15) is 0 Å². The van der Waals surface area contributed by atoms with Crippen LogP contribution in [-0.2, 0) is 6.42 Å². The molecule has 0 amide bonds. The van der Waals surface area contributed by atoms with E-state index in [1.165, 1.54) is 18.7 Å². The predicted molar refractivity (Wildman–Crippen MR) is 69.7 cm³/mol. The number of benzene rings is 1. The molecule has 0 radical (unpaired) electrons. The van der Waals surface area contributed by atoms with Crippen molar-refractivity contribution in [3.8, 4) is 11.3 Å². The van der Waals surface area contributed by atoms with Crippen molar-refractivity contribution in [3.63, 3.8) is 0 Å². The molecule has 1 atom stereocenters. The molecule has 3 nitrogen and oxygen atoms in total. The fraction of sp³-hybridized carbons (Fsp3) is 0.357. The monoisotopic (exact) mass is 227 g/mol. The minimum atomic E-state index is 0.570. The van der Waals surface area contributed by atoms with Gasteiger partial charge in [-0.3, -0.25) is 0 Å². The van der Waals surface area contributed by atoms with Gasteiger partial charge in [0.25, 0.3) is 0 Å². The Morgan fingerprint density at radius 1 is 1.41 bits per heavy atom. The van der Waals surface area contributed by atoms with Gasteiger partial charge in [-0.05, 0) is 31.9 Å². The zero-order chi connectivity index (χ0) is 11.8. The molecule has 2 heterocycles. The molecule has 2 aromatic rings. The summed E-state index contributed by atoms with van der Waals surface area (Å²) in [4.78, 5) is 4.72. The van der Waals surface area contributed by atoms with E-state index in [1.54, 1.807) is 0 Å². The Morgan fingerprint density at radius 2 is 2.29 bits per heavy atom. The number of anilines is 1. The number of rotatable bonds is 1. The molecule has 1 aliphatic heterocycles. The van der Waals surface area contributed by atoms with E-state index in [2.05, 4.69) is 23.8 Å². The van der Waals surface area contributed by atoms with E-state index < -0.39 is 0 Å². The summed E-state index contributed by atoms with van der Waals surface area (Å²) in [7, 11) is 0. The first kappa shape index (κ1) is 10.4. The first-order valence-electron chi connectivity index (χ1n) is 6.18. The minimum absolute atomic E-state index is 0.570. The summed E-state index contributed by atoms with van der Waals surface area (Å²) in [6.07, 6.45) is 5.74. The standard InChI is InChI=1S/C14H17N3/c1-10-4-2-7-14-16-13(9-17(10)14)11-5-3-6-12(15)8-11/h3,5-6,8-10H,2,4,7,15H2,1H3. The Labute approximate surface area is 101 Å². The largest absolute Gasteiger partial charge is 0.399 e. The van der Waals surface area contributed by atoms with E-state index in [-0.39, 0.29) is 0 Å². The van der Waals surface area contributed by atoms with Crippen LogP contribution in [0, 0.1) is 0 Å². The molecule has 0 aliphatic carbocycles. The normalized spacial score (nSPS) is 19.0. The summed E-state index contributed by atoms with van der Waals surface area (Å²) in [6, 6.07) is 8.50. The van der Waals surface area contributed by atoms with Crippen LogP contribution in [0.1, 0.15) is 31.6 Å². The Bertz CT molecular complexity index is 542. The van der Waals surface area contributed by atoms with Crippen LogP contribution in [0.4, 0.5) is 5.69 Å². The molecule has 0 saturated carbocycles. The summed E-state index contributed by atoms with van der Waals surface area (Å²) >= 11 is 0. The molecule has 1 aromatic heterocycles. The van der Waals surface area contributed by atoms with Crippen molar-refractivity contribution in [3.05, 3.63) is 36.3 Å². The second-order valence-electron chi connectivity index (χ2n) is 4.82. The maximum Gasteiger partial charge on any atom is 0.109 e. The van der Waals surface area contributed by atoms with Gasteiger partial charge in [0.15, 0.2) is 0 Å². The first-order chi connectivity index (χ1) is 8.24. The molecule has 3 rings (SSSR count). The molecule has 3 heteroatoms. The van der Waals surface area contributed by atoms with Crippen molar-refractivity contribution < 1.29 is 0 Å². The van der Waals surface area contributed by atoms with Gasteiger partial charge in [0, 0.05) is 29.9 Å². The number of hydrogen-bond acceptors (Lipinski definition) is 2. The molecule has 0 fully saturated rings. The number of imidazole rings is 1. The zero-order valence-electron chi connectivity index (χ0n) is 10.1. The molecular weight excluding hydrogens is 210 g/mol. The molecule has 17 heavy (non-hydrogen) atoms. The third-order valence-corrected chi connectivity index (χ3v) is 3.49. The molecule has 0 saturated heterocycles. The third-order valence-electron chi connectivity index (χ3n) is 3.49. The van der Waals surface area contributed by atoms with Crippen molar-refractivity contribution in [1.29, 1.82) is 0 Å². The molecular formula is C14H17N3. The average Bonchev–Trinajstić information content (AvgIpc) is 2.74. The highest BCUT2D eigenvalue weighted by Crippen LogP contribution is 2.28. The van der Waals surface area contributed by atoms with Gasteiger partial charge in [-0.25, -0.2) is 4.98 Å². The van der Waals surface area contributed by atoms with Crippen LogP contribution in [0.3, 0.4) is 0 Å². The number of fused-ring (bicyclic) bond motifs is 1. The maximum atomic E-state index is 5.81. The molecule has 88 valence electrons. The van der Waals surface area contributed by atoms with E-state index in [1.807, 2.05) is 18.2 Å². The lowest BCUT2D eigenvalue weighted by Crippen LogP contribution is -2.14. The third kappa shape index (κ3) is 1.82. The van der Waals surface area contributed by atoms with Crippen LogP contribution in [0.2, 0.25) is 0 Å². The second kappa shape index (κ2) is 3.91. The van der Waals surface area contributed by atoms with Crippen molar-refractivity contribution >= 4 is 5.69 Å². The van der Waals surface area contributed by atoms with Gasteiger partial charge in [0.05, 0.1) is 5.69 Å². The summed E-state index contributed by atoms with van der Waals surface area (Å²) < 4.78 is 2.31. The SMILES string of the molecule is CC1CCCc2nc(-c3cccc(N)c3)cn21. The van der Waals surface area contributed by atoms with Crippen LogP contribution in [-0.4, -0.2) is 9.55 Å². The number of nitrogen functional groups attached to an aromatic ring is 1. The lowest BCUT2D eigenvalue weighted by atomic mass is 10.1. The Balaban J connectivity index is 2.05. The number of aromatic nitrogens is 2. The quantitative estimate of drug-likeness (QED) is 0.761. The summed E-state index contributed by atoms with van der Waals surface area (Å²) in [5.41, 5.74) is 8.76. The van der Waals surface area contributed by atoms with Gasteiger partial charge in [-0.1, -0.05) is 12.1 Å². The smallest absolute Gasteiger partial charge is 0.109 e. The van der Waals surface area contributed by atoms with E-state index >= 15 is 0 Å². The van der Waals surface area contributed by atoms with Gasteiger partial charge >= 0.3 is 0 Å². The minimum Gasteiger partial charge on any atom is -0.399 e. The maximum absolute atomic E-state index is 5.81. The fourth-order valence-electron chi connectivity index (χ4n) is 2.53. The first-order valence-corrected chi connectivity index (χ1v) is 6.18. The van der Waals surface area contributed by atoms with Crippen LogP contribution < -0.4 is 5.73 Å². The van der Waals surface area contributed by atoms with Crippen LogP contribution >= 0.6 is 0 Å². The fourth-order valence-corrected chi connectivity index (χ4v) is 2.53. The van der Waals surface area contributed by atoms with Gasteiger partial charge in [-0.2, -0.15) is 0 Å². The molecule has 1 aliphatic rings. The Hall–Kier alpha value is -1.77. The predicted octanol–water partition coefficient (Wildman–Crippen LogP) is 3.03. The highest BCUT2D eigenvalue weighted by atomic mass is 15.1. The van der Waals surface area contributed by atoms with Crippen LogP contribution in [0.5, 0.6) is 0 Å². The topological polar surface area (TPSA) is 43.8 Å². The van der Waals surface area contributed by atoms with Crippen molar-refractivity contribution in [1.82, 2.24) is 9.55 Å². The van der Waals surface area contributed by atoms with Gasteiger partial charge in [0.2, 0.25) is 0 Å². The van der Waals surface area contributed by atoms with Crippen LogP contribution in [0.15, 0.2) is 30.5 Å². The molecule has 1 unspecified atom stereocenters. The van der Waals surface area contributed by atoms with Crippen molar-refractivity contribution in [2.24, 2.45) is 0 Å². The highest BCUT2D eigenvalue weighted by molar-refractivity contribution is 5.63. The van der Waals surface area contributed by atoms with Crippen molar-refractivity contribution in [2.45, 2.75) is 32.2 Å². The molecule has 0 spiro atoms. The second-order valence-corrected chi connectivity index (χ2v) is 4.82. The zero-order valence-corrected chi connectivity index (χ0v) is 10.1. The molecule has 1 aromatic carbocycles. The number of hydrogen-bond donors (Lipinski definition) is 1. The summed E-state index contributed by atoms with van der Waals surface area (Å²) in [6.45, 7) is 2.26. The van der Waals surface area contributed by atoms with Gasteiger partial charge in [0.1, 0.15) is 5.82 Å². The average molecular weight is 227 g/mol. The van der Waals surface area contributed by atoms with E-state index in [0.717, 1.165) is 23.4 Å².